The summed E-state index contributed by atoms with van der Waals surface area (Å²) in [6.45, 7) is 6.60. The SMILES string of the molecule is COC1CCN(C2CCN(C(=O)c3ncnc(NCC4CCCC(c5ccc(Cl)cc5)C4)c3C)CC2)CC1. The highest BCUT2D eigenvalue weighted by atomic mass is 35.5. The molecule has 2 atom stereocenters. The Hall–Kier alpha value is -2.22. The van der Waals surface area contributed by atoms with Crippen LogP contribution in [0.3, 0.4) is 0 Å². The summed E-state index contributed by atoms with van der Waals surface area (Å²) in [7, 11) is 1.81. The minimum absolute atomic E-state index is 0.0324. The van der Waals surface area contributed by atoms with Crippen molar-refractivity contribution < 1.29 is 9.53 Å². The number of hydrogen-bond donors (Lipinski definition) is 1. The van der Waals surface area contributed by atoms with E-state index >= 15 is 0 Å². The monoisotopic (exact) mass is 539 g/mol. The zero-order valence-corrected chi connectivity index (χ0v) is 23.6. The minimum Gasteiger partial charge on any atom is -0.381 e. The number of carbonyl (C=O) groups is 1. The van der Waals surface area contributed by atoms with Gasteiger partial charge in [0.2, 0.25) is 0 Å². The van der Waals surface area contributed by atoms with Gasteiger partial charge < -0.3 is 19.9 Å². The van der Waals surface area contributed by atoms with Gasteiger partial charge in [-0.25, -0.2) is 9.97 Å². The fourth-order valence-corrected chi connectivity index (χ4v) is 6.79. The molecule has 8 heteroatoms. The third kappa shape index (κ3) is 6.49. The van der Waals surface area contributed by atoms with Gasteiger partial charge in [0.15, 0.2) is 0 Å². The number of rotatable bonds is 7. The lowest BCUT2D eigenvalue weighted by atomic mass is 9.78. The van der Waals surface area contributed by atoms with Gasteiger partial charge in [0.25, 0.3) is 5.91 Å². The van der Waals surface area contributed by atoms with Gasteiger partial charge >= 0.3 is 0 Å². The van der Waals surface area contributed by atoms with Crippen molar-refractivity contribution >= 4 is 23.3 Å². The summed E-state index contributed by atoms with van der Waals surface area (Å²) >= 11 is 6.09. The van der Waals surface area contributed by atoms with E-state index in [1.807, 2.05) is 31.1 Å². The van der Waals surface area contributed by atoms with Gasteiger partial charge in [0, 0.05) is 56.5 Å². The van der Waals surface area contributed by atoms with Crippen LogP contribution in [-0.4, -0.2) is 77.7 Å². The molecule has 2 aliphatic heterocycles. The van der Waals surface area contributed by atoms with Crippen molar-refractivity contribution in [3.8, 4) is 0 Å². The Bertz CT molecular complexity index is 1060. The molecule has 3 heterocycles. The topological polar surface area (TPSA) is 70.6 Å². The number of hydrogen-bond acceptors (Lipinski definition) is 6. The van der Waals surface area contributed by atoms with Crippen molar-refractivity contribution in [1.82, 2.24) is 19.8 Å². The minimum atomic E-state index is 0.0324. The van der Waals surface area contributed by atoms with Gasteiger partial charge in [-0.05, 0) is 81.4 Å². The number of aromatic nitrogens is 2. The summed E-state index contributed by atoms with van der Waals surface area (Å²) in [5, 5.41) is 4.35. The second-order valence-corrected chi connectivity index (χ2v) is 11.8. The van der Waals surface area contributed by atoms with Crippen molar-refractivity contribution in [3.05, 3.63) is 52.4 Å². The molecule has 3 aliphatic rings. The number of amides is 1. The van der Waals surface area contributed by atoms with Gasteiger partial charge in [0.1, 0.15) is 17.8 Å². The molecular formula is C30H42ClN5O2. The smallest absolute Gasteiger partial charge is 0.272 e. The summed E-state index contributed by atoms with van der Waals surface area (Å²) < 4.78 is 5.52. The average molecular weight is 540 g/mol. The normalized spacial score (nSPS) is 23.9. The van der Waals surface area contributed by atoms with E-state index in [0.717, 1.165) is 81.2 Å². The molecule has 1 aromatic heterocycles. The Morgan fingerprint density at radius 1 is 1.03 bits per heavy atom. The molecule has 0 spiro atoms. The van der Waals surface area contributed by atoms with Crippen molar-refractivity contribution in [1.29, 1.82) is 0 Å². The van der Waals surface area contributed by atoms with Crippen LogP contribution in [0.15, 0.2) is 30.6 Å². The maximum atomic E-state index is 13.4. The van der Waals surface area contributed by atoms with Crippen LogP contribution < -0.4 is 5.32 Å². The summed E-state index contributed by atoms with van der Waals surface area (Å²) in [5.41, 5.74) is 2.77. The van der Waals surface area contributed by atoms with E-state index in [1.165, 1.54) is 31.2 Å². The molecule has 1 aliphatic carbocycles. The van der Waals surface area contributed by atoms with Crippen molar-refractivity contribution in [3.63, 3.8) is 0 Å². The van der Waals surface area contributed by atoms with Crippen LogP contribution in [0.1, 0.15) is 78.9 Å². The van der Waals surface area contributed by atoms with Crippen LogP contribution >= 0.6 is 11.6 Å². The third-order valence-electron chi connectivity index (χ3n) is 9.05. The number of piperidine rings is 2. The Balaban J connectivity index is 1.14. The number of halogens is 1. The molecule has 3 fully saturated rings. The zero-order valence-electron chi connectivity index (χ0n) is 22.9. The molecule has 1 N–H and O–H groups in total. The molecule has 7 nitrogen and oxygen atoms in total. The fourth-order valence-electron chi connectivity index (χ4n) is 6.66. The van der Waals surface area contributed by atoms with Crippen LogP contribution in [-0.2, 0) is 4.74 Å². The largest absolute Gasteiger partial charge is 0.381 e. The lowest BCUT2D eigenvalue weighted by molar-refractivity contribution is 0.0144. The number of benzene rings is 1. The Morgan fingerprint density at radius 2 is 1.76 bits per heavy atom. The number of ether oxygens (including phenoxy) is 1. The van der Waals surface area contributed by atoms with Crippen molar-refractivity contribution in [2.75, 3.05) is 45.2 Å². The zero-order chi connectivity index (χ0) is 26.5. The highest BCUT2D eigenvalue weighted by molar-refractivity contribution is 6.30. The van der Waals surface area contributed by atoms with Crippen molar-refractivity contribution in [2.45, 2.75) is 76.4 Å². The molecule has 0 radical (unpaired) electrons. The fraction of sp³-hybridized carbons (Fsp3) is 0.633. The molecule has 2 unspecified atom stereocenters. The highest BCUT2D eigenvalue weighted by Crippen LogP contribution is 2.36. The average Bonchev–Trinajstić information content (AvgIpc) is 2.97. The number of likely N-dealkylation sites (tertiary alicyclic amines) is 2. The van der Waals surface area contributed by atoms with E-state index in [4.69, 9.17) is 16.3 Å². The second-order valence-electron chi connectivity index (χ2n) is 11.4. The first-order valence-corrected chi connectivity index (χ1v) is 14.8. The molecule has 1 aromatic carbocycles. The first kappa shape index (κ1) is 27.4. The van der Waals surface area contributed by atoms with E-state index in [0.29, 0.717) is 29.7 Å². The molecule has 38 heavy (non-hydrogen) atoms. The Morgan fingerprint density at radius 3 is 2.47 bits per heavy atom. The number of nitrogens with one attached hydrogen (secondary N) is 1. The van der Waals surface area contributed by atoms with Crippen LogP contribution in [0, 0.1) is 12.8 Å². The van der Waals surface area contributed by atoms with Gasteiger partial charge in [-0.15, -0.1) is 0 Å². The quantitative estimate of drug-likeness (QED) is 0.498. The lowest BCUT2D eigenvalue weighted by Gasteiger charge is -2.41. The molecule has 0 bridgehead atoms. The molecule has 2 aromatic rings. The standard InChI is InChI=1S/C30H42ClN5O2/c1-21-28(30(37)36-14-10-26(11-15-36)35-16-12-27(38-2)13-17-35)33-20-34-29(21)32-19-22-4-3-5-24(18-22)23-6-8-25(31)9-7-23/h6-9,20,22,24,26-27H,3-5,10-19H2,1-2H3,(H,32,33,34). The number of nitrogens with zero attached hydrogens (tertiary/aromatic N) is 4. The van der Waals surface area contributed by atoms with Crippen LogP contribution in [0.25, 0.3) is 0 Å². The Kier molecular flexibility index (Phi) is 9.18. The Labute approximate surface area is 232 Å². The van der Waals surface area contributed by atoms with Crippen LogP contribution in [0.5, 0.6) is 0 Å². The maximum absolute atomic E-state index is 13.4. The number of methoxy groups -OCH3 is 1. The molecule has 1 amide bonds. The van der Waals surface area contributed by atoms with E-state index < -0.39 is 0 Å². The predicted molar refractivity (Wildman–Crippen MR) is 152 cm³/mol. The molecular weight excluding hydrogens is 498 g/mol. The molecule has 5 rings (SSSR count). The van der Waals surface area contributed by atoms with Crippen molar-refractivity contribution in [2.24, 2.45) is 5.92 Å². The summed E-state index contributed by atoms with van der Waals surface area (Å²) in [4.78, 5) is 26.9. The lowest BCUT2D eigenvalue weighted by Crippen LogP contribution is -2.49. The summed E-state index contributed by atoms with van der Waals surface area (Å²) in [6.07, 6.45) is 11.0. The van der Waals surface area contributed by atoms with E-state index in [1.54, 1.807) is 0 Å². The summed E-state index contributed by atoms with van der Waals surface area (Å²) in [6, 6.07) is 8.89. The molecule has 1 saturated carbocycles. The van der Waals surface area contributed by atoms with Gasteiger partial charge in [-0.1, -0.05) is 30.2 Å². The molecule has 2 saturated heterocycles. The number of carbonyl (C=O) groups excluding carboxylic acids is 1. The molecule has 206 valence electrons. The first-order valence-electron chi connectivity index (χ1n) is 14.4. The van der Waals surface area contributed by atoms with Gasteiger partial charge in [-0.2, -0.15) is 0 Å². The van der Waals surface area contributed by atoms with E-state index in [9.17, 15) is 4.79 Å². The van der Waals surface area contributed by atoms with E-state index in [2.05, 4.69) is 32.3 Å². The first-order chi connectivity index (χ1) is 18.5. The van der Waals surface area contributed by atoms with Gasteiger partial charge in [0.05, 0.1) is 6.10 Å². The van der Waals surface area contributed by atoms with Crippen LogP contribution in [0.2, 0.25) is 5.02 Å². The summed E-state index contributed by atoms with van der Waals surface area (Å²) in [5.74, 6) is 1.97. The second kappa shape index (κ2) is 12.8. The maximum Gasteiger partial charge on any atom is 0.272 e. The predicted octanol–water partition coefficient (Wildman–Crippen LogP) is 5.54. The van der Waals surface area contributed by atoms with E-state index in [-0.39, 0.29) is 5.91 Å². The van der Waals surface area contributed by atoms with Crippen LogP contribution in [0.4, 0.5) is 5.82 Å². The van der Waals surface area contributed by atoms with Gasteiger partial charge in [-0.3, -0.25) is 4.79 Å². The third-order valence-corrected chi connectivity index (χ3v) is 9.30. The highest BCUT2D eigenvalue weighted by Gasteiger charge is 2.31. The number of anilines is 1.